The van der Waals surface area contributed by atoms with Crippen molar-refractivity contribution in [2.24, 2.45) is 0 Å². The van der Waals surface area contributed by atoms with Gasteiger partial charge in [-0.05, 0) is 16.7 Å². The number of hydrogen-bond acceptors (Lipinski definition) is 9. The summed E-state index contributed by atoms with van der Waals surface area (Å²) in [6.07, 6.45) is -6.82. The second kappa shape index (κ2) is 12.9. The molecule has 3 aromatic carbocycles. The zero-order valence-electron chi connectivity index (χ0n) is 22.5. The molecule has 4 rings (SSSR count). The lowest BCUT2D eigenvalue weighted by Crippen LogP contribution is -2.62. The monoisotopic (exact) mass is 548 g/mol. The molecule has 0 unspecified atom stereocenters. The van der Waals surface area contributed by atoms with Gasteiger partial charge in [0.15, 0.2) is 24.6 Å². The molecule has 1 saturated heterocycles. The highest BCUT2D eigenvalue weighted by molar-refractivity contribution is 5.68. The molecule has 9 heteroatoms. The molecular formula is C31H32O9. The summed E-state index contributed by atoms with van der Waals surface area (Å²) in [4.78, 5) is 35.9. The number of benzene rings is 3. The maximum absolute atomic E-state index is 12.1. The van der Waals surface area contributed by atoms with E-state index in [1.165, 1.54) is 6.92 Å². The SMILES string of the molecule is CC(=O)O[C@H]1[C@@H](OC(C)=O)[C@H](O)O[C@H](COC(c2ccccc2)(c2ccccc2)c2ccccc2)[C@H]1OC(C)=O. The number of carbonyl (C=O) groups is 3. The van der Waals surface area contributed by atoms with Crippen LogP contribution in [0.5, 0.6) is 0 Å². The normalized spacial score (nSPS) is 22.6. The minimum Gasteiger partial charge on any atom is -0.456 e. The van der Waals surface area contributed by atoms with E-state index in [0.717, 1.165) is 30.5 Å². The molecular weight excluding hydrogens is 516 g/mol. The van der Waals surface area contributed by atoms with Gasteiger partial charge >= 0.3 is 17.9 Å². The highest BCUT2D eigenvalue weighted by atomic mass is 16.7. The van der Waals surface area contributed by atoms with Crippen molar-refractivity contribution in [1.82, 2.24) is 0 Å². The third kappa shape index (κ3) is 6.39. The summed E-state index contributed by atoms with van der Waals surface area (Å²) in [6.45, 7) is 3.28. The van der Waals surface area contributed by atoms with Crippen LogP contribution in [0.25, 0.3) is 0 Å². The number of esters is 3. The van der Waals surface area contributed by atoms with Gasteiger partial charge in [0.05, 0.1) is 6.61 Å². The van der Waals surface area contributed by atoms with Crippen molar-refractivity contribution in [3.63, 3.8) is 0 Å². The van der Waals surface area contributed by atoms with Crippen LogP contribution < -0.4 is 0 Å². The number of ether oxygens (including phenoxy) is 5. The third-order valence-electron chi connectivity index (χ3n) is 6.52. The molecule has 1 fully saturated rings. The summed E-state index contributed by atoms with van der Waals surface area (Å²) in [5.41, 5.74) is 1.33. The third-order valence-corrected chi connectivity index (χ3v) is 6.52. The van der Waals surface area contributed by atoms with E-state index in [4.69, 9.17) is 23.7 Å². The van der Waals surface area contributed by atoms with Crippen LogP contribution >= 0.6 is 0 Å². The Bertz CT molecular complexity index is 1180. The Hall–Kier alpha value is -4.05. The van der Waals surface area contributed by atoms with Gasteiger partial charge in [-0.25, -0.2) is 0 Å². The van der Waals surface area contributed by atoms with Gasteiger partial charge in [-0.2, -0.15) is 0 Å². The first kappa shape index (κ1) is 28.9. The van der Waals surface area contributed by atoms with Crippen LogP contribution in [-0.4, -0.2) is 60.3 Å². The molecule has 0 saturated carbocycles. The van der Waals surface area contributed by atoms with Crippen molar-refractivity contribution in [2.75, 3.05) is 6.61 Å². The summed E-state index contributed by atoms with van der Waals surface area (Å²) in [5, 5.41) is 10.8. The summed E-state index contributed by atoms with van der Waals surface area (Å²) in [7, 11) is 0. The fraction of sp³-hybridized carbons (Fsp3) is 0.323. The molecule has 1 heterocycles. The molecule has 0 bridgehead atoms. The van der Waals surface area contributed by atoms with E-state index in [2.05, 4.69) is 0 Å². The Labute approximate surface area is 232 Å². The second-order valence-corrected chi connectivity index (χ2v) is 9.38. The first-order valence-electron chi connectivity index (χ1n) is 12.9. The lowest BCUT2D eigenvalue weighted by atomic mass is 9.80. The van der Waals surface area contributed by atoms with Crippen LogP contribution in [-0.2, 0) is 43.7 Å². The molecule has 40 heavy (non-hydrogen) atoms. The fourth-order valence-corrected chi connectivity index (χ4v) is 4.98. The Balaban J connectivity index is 1.79. The van der Waals surface area contributed by atoms with Gasteiger partial charge in [0.25, 0.3) is 0 Å². The van der Waals surface area contributed by atoms with Crippen LogP contribution in [0, 0.1) is 0 Å². The van der Waals surface area contributed by atoms with Crippen molar-refractivity contribution in [3.8, 4) is 0 Å². The van der Waals surface area contributed by atoms with Crippen molar-refractivity contribution in [2.45, 2.75) is 57.1 Å². The quantitative estimate of drug-likeness (QED) is 0.244. The fourth-order valence-electron chi connectivity index (χ4n) is 4.98. The van der Waals surface area contributed by atoms with Crippen molar-refractivity contribution < 1.29 is 43.2 Å². The molecule has 0 aliphatic carbocycles. The molecule has 1 aliphatic rings. The molecule has 0 aromatic heterocycles. The molecule has 5 atom stereocenters. The van der Waals surface area contributed by atoms with E-state index >= 15 is 0 Å². The molecule has 1 N–H and O–H groups in total. The standard InChI is InChI=1S/C31H32O9/c1-20(32)37-27-26(40-30(35)29(39-22(3)34)28(27)38-21(2)33)19-36-31(23-13-7-4-8-14-23,24-15-9-5-10-16-24)25-17-11-6-12-18-25/h4-18,26-30,35H,19H2,1-3H3/t26-,27-,28-,29-,30-/m1/s1. The van der Waals surface area contributed by atoms with E-state index in [-0.39, 0.29) is 6.61 Å². The summed E-state index contributed by atoms with van der Waals surface area (Å²) >= 11 is 0. The van der Waals surface area contributed by atoms with Gasteiger partial charge in [-0.1, -0.05) is 91.0 Å². The Morgan fingerprint density at radius 2 is 1.02 bits per heavy atom. The minimum absolute atomic E-state index is 0.210. The topological polar surface area (TPSA) is 118 Å². The number of aliphatic hydroxyl groups excluding tert-OH is 1. The van der Waals surface area contributed by atoms with E-state index in [0.29, 0.717) is 0 Å². The summed E-state index contributed by atoms with van der Waals surface area (Å²) in [6, 6.07) is 28.8. The maximum atomic E-state index is 12.1. The molecule has 210 valence electrons. The molecule has 3 aromatic rings. The van der Waals surface area contributed by atoms with Gasteiger partial charge < -0.3 is 28.8 Å². The number of carbonyl (C=O) groups excluding carboxylic acids is 3. The Kier molecular flexibility index (Phi) is 9.31. The van der Waals surface area contributed by atoms with Crippen LogP contribution in [0.2, 0.25) is 0 Å². The lowest BCUT2D eigenvalue weighted by Gasteiger charge is -2.44. The van der Waals surface area contributed by atoms with Crippen molar-refractivity contribution >= 4 is 17.9 Å². The van der Waals surface area contributed by atoms with Crippen molar-refractivity contribution in [1.29, 1.82) is 0 Å². The Morgan fingerprint density at radius 1 is 0.650 bits per heavy atom. The van der Waals surface area contributed by atoms with E-state index in [1.807, 2.05) is 91.0 Å². The van der Waals surface area contributed by atoms with Gasteiger partial charge in [-0.3, -0.25) is 14.4 Å². The average Bonchev–Trinajstić information content (AvgIpc) is 2.94. The summed E-state index contributed by atoms with van der Waals surface area (Å²) < 4.78 is 28.8. The van der Waals surface area contributed by atoms with Crippen LogP contribution in [0.4, 0.5) is 0 Å². The minimum atomic E-state index is -1.69. The molecule has 1 aliphatic heterocycles. The second-order valence-electron chi connectivity index (χ2n) is 9.38. The molecule has 0 radical (unpaired) electrons. The van der Waals surface area contributed by atoms with Crippen molar-refractivity contribution in [3.05, 3.63) is 108 Å². The van der Waals surface area contributed by atoms with Crippen LogP contribution in [0.3, 0.4) is 0 Å². The molecule has 0 amide bonds. The highest BCUT2D eigenvalue weighted by Crippen LogP contribution is 2.41. The van der Waals surface area contributed by atoms with Crippen LogP contribution in [0.15, 0.2) is 91.0 Å². The van der Waals surface area contributed by atoms with Gasteiger partial charge in [-0.15, -0.1) is 0 Å². The summed E-state index contributed by atoms with van der Waals surface area (Å²) in [5.74, 6) is -2.15. The number of rotatable bonds is 9. The molecule has 9 nitrogen and oxygen atoms in total. The predicted molar refractivity (Wildman–Crippen MR) is 143 cm³/mol. The Morgan fingerprint density at radius 3 is 1.43 bits per heavy atom. The van der Waals surface area contributed by atoms with Gasteiger partial charge in [0.2, 0.25) is 0 Å². The first-order valence-corrected chi connectivity index (χ1v) is 12.9. The van der Waals surface area contributed by atoms with Crippen LogP contribution in [0.1, 0.15) is 37.5 Å². The van der Waals surface area contributed by atoms with E-state index in [9.17, 15) is 19.5 Å². The smallest absolute Gasteiger partial charge is 0.303 e. The highest BCUT2D eigenvalue weighted by Gasteiger charge is 2.52. The number of hydrogen-bond donors (Lipinski definition) is 1. The largest absolute Gasteiger partial charge is 0.456 e. The van der Waals surface area contributed by atoms with Gasteiger partial charge in [0, 0.05) is 20.8 Å². The molecule has 0 spiro atoms. The van der Waals surface area contributed by atoms with Gasteiger partial charge in [0.1, 0.15) is 11.7 Å². The zero-order chi connectivity index (χ0) is 28.7. The number of aliphatic hydroxyl groups is 1. The predicted octanol–water partition coefficient (Wildman–Crippen LogP) is 3.51. The van der Waals surface area contributed by atoms with E-state index < -0.39 is 54.2 Å². The van der Waals surface area contributed by atoms with E-state index in [1.54, 1.807) is 0 Å². The average molecular weight is 549 g/mol. The first-order chi connectivity index (χ1) is 19.2. The maximum Gasteiger partial charge on any atom is 0.303 e. The lowest BCUT2D eigenvalue weighted by molar-refractivity contribution is -0.299. The zero-order valence-corrected chi connectivity index (χ0v) is 22.5.